The van der Waals surface area contributed by atoms with E-state index in [0.717, 1.165) is 37.1 Å². The summed E-state index contributed by atoms with van der Waals surface area (Å²) in [5, 5.41) is 2.99. The van der Waals surface area contributed by atoms with Crippen LogP contribution < -0.4 is 15.0 Å². The number of nitrogens with one attached hydrogen (secondary N) is 1. The zero-order valence-electron chi connectivity index (χ0n) is 15.4. The van der Waals surface area contributed by atoms with Gasteiger partial charge in [0.2, 0.25) is 0 Å². The standard InChI is InChI=1S/C21H24N2O4/c1-26-20(24)15-27-18-11-9-16(10-12-18)14-22-21(25)23-13-5-4-7-17-6-2-3-8-19(17)23/h2-3,6,8-12H,4-5,7,13-15H2,1H3,(H,22,25). The van der Waals surface area contributed by atoms with E-state index in [4.69, 9.17) is 4.74 Å². The summed E-state index contributed by atoms with van der Waals surface area (Å²) in [7, 11) is 1.32. The van der Waals surface area contributed by atoms with Crippen molar-refractivity contribution in [2.45, 2.75) is 25.8 Å². The highest BCUT2D eigenvalue weighted by Crippen LogP contribution is 2.26. The van der Waals surface area contributed by atoms with Gasteiger partial charge in [0, 0.05) is 18.8 Å². The van der Waals surface area contributed by atoms with Crippen LogP contribution in [0.15, 0.2) is 48.5 Å². The number of hydrogen-bond donors (Lipinski definition) is 1. The second-order valence-electron chi connectivity index (χ2n) is 6.40. The number of carbonyl (C=O) groups excluding carboxylic acids is 2. The lowest BCUT2D eigenvalue weighted by Crippen LogP contribution is -2.40. The van der Waals surface area contributed by atoms with Crippen molar-refractivity contribution in [1.82, 2.24) is 5.32 Å². The van der Waals surface area contributed by atoms with Crippen LogP contribution in [0.3, 0.4) is 0 Å². The van der Waals surface area contributed by atoms with Gasteiger partial charge in [-0.2, -0.15) is 0 Å². The molecule has 0 fully saturated rings. The summed E-state index contributed by atoms with van der Waals surface area (Å²) in [6.45, 7) is 1.03. The zero-order valence-corrected chi connectivity index (χ0v) is 15.4. The first-order valence-electron chi connectivity index (χ1n) is 9.09. The minimum Gasteiger partial charge on any atom is -0.482 e. The molecule has 1 heterocycles. The largest absolute Gasteiger partial charge is 0.482 e. The number of fused-ring (bicyclic) bond motifs is 1. The maximum atomic E-state index is 12.7. The van der Waals surface area contributed by atoms with Gasteiger partial charge in [0.1, 0.15) is 5.75 Å². The van der Waals surface area contributed by atoms with Crippen LogP contribution in [0.4, 0.5) is 10.5 Å². The number of urea groups is 1. The molecule has 0 atom stereocenters. The highest BCUT2D eigenvalue weighted by Gasteiger charge is 2.20. The maximum Gasteiger partial charge on any atom is 0.343 e. The molecule has 0 spiro atoms. The van der Waals surface area contributed by atoms with Gasteiger partial charge in [-0.1, -0.05) is 30.3 Å². The third-order valence-corrected chi connectivity index (χ3v) is 4.56. The number of hydrogen-bond acceptors (Lipinski definition) is 4. The molecule has 2 aromatic rings. The normalized spacial score (nSPS) is 13.3. The van der Waals surface area contributed by atoms with E-state index in [0.29, 0.717) is 12.3 Å². The molecule has 0 aliphatic carbocycles. The fourth-order valence-electron chi connectivity index (χ4n) is 3.08. The Hall–Kier alpha value is -3.02. The van der Waals surface area contributed by atoms with E-state index in [1.165, 1.54) is 12.7 Å². The molecule has 2 amide bonds. The average Bonchev–Trinajstić information content (AvgIpc) is 2.93. The maximum absolute atomic E-state index is 12.7. The summed E-state index contributed by atoms with van der Waals surface area (Å²) in [6.07, 6.45) is 3.09. The molecule has 3 rings (SSSR count). The van der Waals surface area contributed by atoms with Crippen molar-refractivity contribution in [3.8, 4) is 5.75 Å². The molecule has 0 unspecified atom stereocenters. The van der Waals surface area contributed by atoms with Crippen LogP contribution in [0.5, 0.6) is 5.75 Å². The number of anilines is 1. The van der Waals surface area contributed by atoms with Crippen molar-refractivity contribution in [1.29, 1.82) is 0 Å². The highest BCUT2D eigenvalue weighted by atomic mass is 16.6. The van der Waals surface area contributed by atoms with E-state index in [2.05, 4.69) is 16.1 Å². The van der Waals surface area contributed by atoms with Crippen LogP contribution in [0.25, 0.3) is 0 Å². The minimum atomic E-state index is -0.427. The molecule has 0 aromatic heterocycles. The number of carbonyl (C=O) groups is 2. The second kappa shape index (κ2) is 9.07. The highest BCUT2D eigenvalue weighted by molar-refractivity contribution is 5.92. The summed E-state index contributed by atoms with van der Waals surface area (Å²) in [5.41, 5.74) is 3.17. The number of methoxy groups -OCH3 is 1. The van der Waals surface area contributed by atoms with Gasteiger partial charge in [0.15, 0.2) is 6.61 Å². The quantitative estimate of drug-likeness (QED) is 0.823. The van der Waals surface area contributed by atoms with Gasteiger partial charge < -0.3 is 14.8 Å². The smallest absolute Gasteiger partial charge is 0.343 e. The summed E-state index contributed by atoms with van der Waals surface area (Å²) in [6, 6.07) is 15.3. The SMILES string of the molecule is COC(=O)COc1ccc(CNC(=O)N2CCCCc3ccccc32)cc1. The van der Waals surface area contributed by atoms with Crippen molar-refractivity contribution in [2.24, 2.45) is 0 Å². The van der Waals surface area contributed by atoms with Crippen molar-refractivity contribution in [2.75, 3.05) is 25.2 Å². The molecule has 0 saturated heterocycles. The monoisotopic (exact) mass is 368 g/mol. The Labute approximate surface area is 159 Å². The van der Waals surface area contributed by atoms with E-state index in [-0.39, 0.29) is 12.6 Å². The Balaban J connectivity index is 1.57. The predicted octanol–water partition coefficient (Wildman–Crippen LogP) is 3.29. The number of aryl methyl sites for hydroxylation is 1. The lowest BCUT2D eigenvalue weighted by Gasteiger charge is -2.23. The van der Waals surface area contributed by atoms with Crippen molar-refractivity contribution in [3.05, 3.63) is 59.7 Å². The molecule has 1 aliphatic rings. The summed E-state index contributed by atoms with van der Waals surface area (Å²) in [5.74, 6) is 0.154. The van der Waals surface area contributed by atoms with Crippen LogP contribution in [-0.4, -0.2) is 32.3 Å². The lowest BCUT2D eigenvalue weighted by atomic mass is 10.1. The average molecular weight is 368 g/mol. The first kappa shape index (κ1) is 18.8. The Morgan fingerprint density at radius 2 is 1.85 bits per heavy atom. The lowest BCUT2D eigenvalue weighted by molar-refractivity contribution is -0.142. The molecule has 6 heteroatoms. The first-order valence-corrected chi connectivity index (χ1v) is 9.09. The van der Waals surface area contributed by atoms with Crippen molar-refractivity contribution >= 4 is 17.7 Å². The fraction of sp³-hybridized carbons (Fsp3) is 0.333. The Morgan fingerprint density at radius 1 is 1.07 bits per heavy atom. The van der Waals surface area contributed by atoms with E-state index >= 15 is 0 Å². The third-order valence-electron chi connectivity index (χ3n) is 4.56. The molecule has 6 nitrogen and oxygen atoms in total. The van der Waals surface area contributed by atoms with E-state index in [1.807, 2.05) is 35.2 Å². The molecule has 142 valence electrons. The molecule has 0 bridgehead atoms. The Bertz CT molecular complexity index is 789. The van der Waals surface area contributed by atoms with E-state index in [1.54, 1.807) is 12.1 Å². The molecule has 1 N–H and O–H groups in total. The molecule has 0 radical (unpaired) electrons. The Kier molecular flexibility index (Phi) is 6.30. The molecular formula is C21H24N2O4. The van der Waals surface area contributed by atoms with Gasteiger partial charge in [-0.25, -0.2) is 9.59 Å². The van der Waals surface area contributed by atoms with Crippen LogP contribution in [0.1, 0.15) is 24.0 Å². The van der Waals surface area contributed by atoms with Gasteiger partial charge in [-0.05, 0) is 48.6 Å². The summed E-state index contributed by atoms with van der Waals surface area (Å²) >= 11 is 0. The van der Waals surface area contributed by atoms with Gasteiger partial charge in [-0.3, -0.25) is 4.90 Å². The number of amides is 2. The fourth-order valence-corrected chi connectivity index (χ4v) is 3.08. The van der Waals surface area contributed by atoms with Crippen molar-refractivity contribution in [3.63, 3.8) is 0 Å². The van der Waals surface area contributed by atoms with Crippen molar-refractivity contribution < 1.29 is 19.1 Å². The zero-order chi connectivity index (χ0) is 19.1. The second-order valence-corrected chi connectivity index (χ2v) is 6.40. The van der Waals surface area contributed by atoms with E-state index in [9.17, 15) is 9.59 Å². The van der Waals surface area contributed by atoms with Gasteiger partial charge in [-0.15, -0.1) is 0 Å². The van der Waals surface area contributed by atoms with Gasteiger partial charge in [0.05, 0.1) is 7.11 Å². The Morgan fingerprint density at radius 3 is 2.63 bits per heavy atom. The van der Waals surface area contributed by atoms with Crippen LogP contribution in [-0.2, 0) is 22.5 Å². The molecular weight excluding hydrogens is 344 g/mol. The molecule has 27 heavy (non-hydrogen) atoms. The minimum absolute atomic E-state index is 0.0876. The summed E-state index contributed by atoms with van der Waals surface area (Å²) < 4.78 is 9.85. The topological polar surface area (TPSA) is 67.9 Å². The number of benzene rings is 2. The van der Waals surface area contributed by atoms with Crippen LogP contribution in [0.2, 0.25) is 0 Å². The number of para-hydroxylation sites is 1. The van der Waals surface area contributed by atoms with E-state index < -0.39 is 5.97 Å². The molecule has 2 aromatic carbocycles. The predicted molar refractivity (Wildman–Crippen MR) is 103 cm³/mol. The first-order chi connectivity index (χ1) is 13.2. The number of esters is 1. The number of ether oxygens (including phenoxy) is 2. The number of rotatable bonds is 5. The number of nitrogens with zero attached hydrogens (tertiary/aromatic N) is 1. The molecule has 1 aliphatic heterocycles. The van der Waals surface area contributed by atoms with Crippen LogP contribution in [0, 0.1) is 0 Å². The summed E-state index contributed by atoms with van der Waals surface area (Å²) in [4.78, 5) is 25.6. The van der Waals surface area contributed by atoms with Gasteiger partial charge in [0.25, 0.3) is 0 Å². The van der Waals surface area contributed by atoms with Gasteiger partial charge >= 0.3 is 12.0 Å². The van der Waals surface area contributed by atoms with Crippen LogP contribution >= 0.6 is 0 Å². The third kappa shape index (κ3) is 5.00. The molecule has 0 saturated carbocycles.